The Bertz CT molecular complexity index is 520. The van der Waals surface area contributed by atoms with Crippen molar-refractivity contribution in [1.29, 1.82) is 0 Å². The lowest BCUT2D eigenvalue weighted by Gasteiger charge is -2.04. The molecule has 0 unspecified atom stereocenters. The highest BCUT2D eigenvalue weighted by atomic mass is 16.5. The number of nitrogens with one attached hydrogen (secondary N) is 1. The lowest BCUT2D eigenvalue weighted by Crippen LogP contribution is -2.19. The first-order valence-electron chi connectivity index (χ1n) is 6.84. The van der Waals surface area contributed by atoms with Crippen molar-refractivity contribution in [2.45, 2.75) is 33.9 Å². The standard InChI is InChI=1S/C15H21N3O2/c1-11(2)7-16-8-13-6-15(20-18-13)10-19-14-5-4-12(3)17-9-14/h4-6,9,11,16H,7-8,10H2,1-3H3. The van der Waals surface area contributed by atoms with Gasteiger partial charge in [-0.1, -0.05) is 19.0 Å². The highest BCUT2D eigenvalue weighted by molar-refractivity contribution is 5.19. The fourth-order valence-corrected chi connectivity index (χ4v) is 1.69. The van der Waals surface area contributed by atoms with Crippen LogP contribution < -0.4 is 10.1 Å². The maximum Gasteiger partial charge on any atom is 0.174 e. The van der Waals surface area contributed by atoms with E-state index < -0.39 is 0 Å². The quantitative estimate of drug-likeness (QED) is 0.842. The maximum atomic E-state index is 5.59. The molecule has 0 fully saturated rings. The van der Waals surface area contributed by atoms with Crippen LogP contribution in [-0.2, 0) is 13.2 Å². The van der Waals surface area contributed by atoms with E-state index in [1.54, 1.807) is 6.20 Å². The van der Waals surface area contributed by atoms with Crippen LogP contribution in [0.25, 0.3) is 0 Å². The third kappa shape index (κ3) is 4.66. The Morgan fingerprint density at radius 2 is 2.20 bits per heavy atom. The number of nitrogens with zero attached hydrogens (tertiary/aromatic N) is 2. The fraction of sp³-hybridized carbons (Fsp3) is 0.467. The molecular weight excluding hydrogens is 254 g/mol. The van der Waals surface area contributed by atoms with E-state index in [2.05, 4.69) is 29.3 Å². The minimum absolute atomic E-state index is 0.363. The highest BCUT2D eigenvalue weighted by Crippen LogP contribution is 2.12. The topological polar surface area (TPSA) is 60.2 Å². The Hall–Kier alpha value is -1.88. The third-order valence-electron chi connectivity index (χ3n) is 2.73. The first kappa shape index (κ1) is 14.5. The monoisotopic (exact) mass is 275 g/mol. The van der Waals surface area contributed by atoms with Gasteiger partial charge in [-0.2, -0.15) is 0 Å². The van der Waals surface area contributed by atoms with Crippen LogP contribution in [-0.4, -0.2) is 16.7 Å². The summed E-state index contributed by atoms with van der Waals surface area (Å²) in [7, 11) is 0. The van der Waals surface area contributed by atoms with Gasteiger partial charge in [0, 0.05) is 18.3 Å². The number of aryl methyl sites for hydroxylation is 1. The van der Waals surface area contributed by atoms with Gasteiger partial charge in [-0.05, 0) is 31.5 Å². The van der Waals surface area contributed by atoms with Crippen LogP contribution in [0.15, 0.2) is 28.9 Å². The van der Waals surface area contributed by atoms with E-state index in [-0.39, 0.29) is 0 Å². The number of rotatable bonds is 7. The molecule has 0 aliphatic carbocycles. The maximum absolute atomic E-state index is 5.59. The van der Waals surface area contributed by atoms with Crippen LogP contribution >= 0.6 is 0 Å². The van der Waals surface area contributed by atoms with Crippen LogP contribution in [0.4, 0.5) is 0 Å². The minimum atomic E-state index is 0.363. The van der Waals surface area contributed by atoms with Crippen molar-refractivity contribution < 1.29 is 9.26 Å². The van der Waals surface area contributed by atoms with Crippen LogP contribution in [0, 0.1) is 12.8 Å². The molecule has 2 aromatic rings. The first-order chi connectivity index (χ1) is 9.63. The molecule has 1 N–H and O–H groups in total. The van der Waals surface area contributed by atoms with Gasteiger partial charge in [0.25, 0.3) is 0 Å². The van der Waals surface area contributed by atoms with Gasteiger partial charge in [0.15, 0.2) is 5.76 Å². The van der Waals surface area contributed by atoms with Crippen molar-refractivity contribution in [3.05, 3.63) is 41.5 Å². The summed E-state index contributed by atoms with van der Waals surface area (Å²) < 4.78 is 10.8. The number of pyridine rings is 1. The van der Waals surface area contributed by atoms with Gasteiger partial charge in [0.05, 0.1) is 11.9 Å². The number of hydrogen-bond acceptors (Lipinski definition) is 5. The SMILES string of the molecule is Cc1ccc(OCc2cc(CNCC(C)C)no2)cn1. The normalized spacial score (nSPS) is 11.0. The molecule has 0 aliphatic rings. The van der Waals surface area contributed by atoms with Crippen LogP contribution in [0.1, 0.15) is 31.0 Å². The van der Waals surface area contributed by atoms with E-state index in [1.807, 2.05) is 25.1 Å². The van der Waals surface area contributed by atoms with Crippen LogP contribution in [0.3, 0.4) is 0 Å². The summed E-state index contributed by atoms with van der Waals surface area (Å²) in [6.07, 6.45) is 1.71. The first-order valence-corrected chi connectivity index (χ1v) is 6.84. The molecular formula is C15H21N3O2. The van der Waals surface area contributed by atoms with Crippen LogP contribution in [0.2, 0.25) is 0 Å². The summed E-state index contributed by atoms with van der Waals surface area (Å²) in [4.78, 5) is 4.17. The molecule has 0 radical (unpaired) electrons. The van der Waals surface area contributed by atoms with E-state index in [4.69, 9.17) is 9.26 Å². The van der Waals surface area contributed by atoms with Gasteiger partial charge in [-0.25, -0.2) is 0 Å². The second-order valence-electron chi connectivity index (χ2n) is 5.23. The smallest absolute Gasteiger partial charge is 0.174 e. The van der Waals surface area contributed by atoms with Gasteiger partial charge in [0.1, 0.15) is 12.4 Å². The molecule has 2 heterocycles. The Labute approximate surface area is 119 Å². The van der Waals surface area contributed by atoms with E-state index >= 15 is 0 Å². The third-order valence-corrected chi connectivity index (χ3v) is 2.73. The fourth-order valence-electron chi connectivity index (χ4n) is 1.69. The summed E-state index contributed by atoms with van der Waals surface area (Å²) >= 11 is 0. The van der Waals surface area contributed by atoms with E-state index in [0.717, 1.165) is 23.7 Å². The van der Waals surface area contributed by atoms with Crippen molar-refractivity contribution in [3.8, 4) is 5.75 Å². The molecule has 0 bridgehead atoms. The van der Waals surface area contributed by atoms with Gasteiger partial charge >= 0.3 is 0 Å². The lowest BCUT2D eigenvalue weighted by molar-refractivity contribution is 0.247. The molecule has 0 spiro atoms. The molecule has 0 aliphatic heterocycles. The van der Waals surface area contributed by atoms with Crippen molar-refractivity contribution in [2.75, 3.05) is 6.54 Å². The Morgan fingerprint density at radius 3 is 2.90 bits per heavy atom. The van der Waals surface area contributed by atoms with Gasteiger partial charge in [0.2, 0.25) is 0 Å². The summed E-state index contributed by atoms with van der Waals surface area (Å²) in [6, 6.07) is 5.72. The molecule has 2 rings (SSSR count). The number of aromatic nitrogens is 2. The van der Waals surface area contributed by atoms with E-state index in [9.17, 15) is 0 Å². The Kier molecular flexibility index (Phi) is 5.12. The zero-order valence-corrected chi connectivity index (χ0v) is 12.2. The highest BCUT2D eigenvalue weighted by Gasteiger charge is 2.05. The molecule has 108 valence electrons. The molecule has 20 heavy (non-hydrogen) atoms. The zero-order chi connectivity index (χ0) is 14.4. The predicted octanol–water partition coefficient (Wildman–Crippen LogP) is 2.70. The predicted molar refractivity (Wildman–Crippen MR) is 76.4 cm³/mol. The molecule has 2 aromatic heterocycles. The summed E-state index contributed by atoms with van der Waals surface area (Å²) in [6.45, 7) is 8.33. The van der Waals surface area contributed by atoms with Crippen LogP contribution in [0.5, 0.6) is 5.75 Å². The molecule has 0 atom stereocenters. The van der Waals surface area contributed by atoms with Crippen molar-refractivity contribution in [1.82, 2.24) is 15.5 Å². The van der Waals surface area contributed by atoms with Gasteiger partial charge < -0.3 is 14.6 Å². The molecule has 0 aromatic carbocycles. The van der Waals surface area contributed by atoms with Crippen molar-refractivity contribution in [3.63, 3.8) is 0 Å². The second kappa shape index (κ2) is 7.05. The Balaban J connectivity index is 1.79. The molecule has 5 nitrogen and oxygen atoms in total. The Morgan fingerprint density at radius 1 is 1.35 bits per heavy atom. The molecule has 0 saturated heterocycles. The second-order valence-corrected chi connectivity index (χ2v) is 5.23. The molecule has 0 amide bonds. The molecule has 0 saturated carbocycles. The number of hydrogen-bond donors (Lipinski definition) is 1. The lowest BCUT2D eigenvalue weighted by atomic mass is 10.2. The van der Waals surface area contributed by atoms with Gasteiger partial charge in [-0.3, -0.25) is 4.98 Å². The van der Waals surface area contributed by atoms with E-state index in [0.29, 0.717) is 24.8 Å². The summed E-state index contributed by atoms with van der Waals surface area (Å²) in [5.41, 5.74) is 1.86. The van der Waals surface area contributed by atoms with Crippen molar-refractivity contribution in [2.24, 2.45) is 5.92 Å². The average molecular weight is 275 g/mol. The molecule has 5 heteroatoms. The van der Waals surface area contributed by atoms with E-state index in [1.165, 1.54) is 0 Å². The van der Waals surface area contributed by atoms with Crippen molar-refractivity contribution >= 4 is 0 Å². The number of ether oxygens (including phenoxy) is 1. The minimum Gasteiger partial charge on any atom is -0.484 e. The van der Waals surface area contributed by atoms with Gasteiger partial charge in [-0.15, -0.1) is 0 Å². The average Bonchev–Trinajstić information content (AvgIpc) is 2.86. The zero-order valence-electron chi connectivity index (χ0n) is 12.2. The summed E-state index contributed by atoms with van der Waals surface area (Å²) in [5.74, 6) is 2.07. The summed E-state index contributed by atoms with van der Waals surface area (Å²) in [5, 5.41) is 7.33. The largest absolute Gasteiger partial charge is 0.484 e.